The number of hydrogen-bond donors (Lipinski definition) is 2. The van der Waals surface area contributed by atoms with Gasteiger partial charge in [-0.25, -0.2) is 9.97 Å². The van der Waals surface area contributed by atoms with Crippen molar-refractivity contribution >= 4 is 17.5 Å². The molecule has 1 heterocycles. The molecular formula is C15H18ClN3O. The average Bonchev–Trinajstić information content (AvgIpc) is 2.43. The summed E-state index contributed by atoms with van der Waals surface area (Å²) in [6.45, 7) is 4.32. The van der Waals surface area contributed by atoms with Crippen LogP contribution < -0.4 is 5.32 Å². The van der Waals surface area contributed by atoms with Crippen molar-refractivity contribution in [3.8, 4) is 5.75 Å². The average molecular weight is 292 g/mol. The normalized spacial score (nSPS) is 10.6. The van der Waals surface area contributed by atoms with Crippen molar-refractivity contribution in [3.05, 3.63) is 46.2 Å². The van der Waals surface area contributed by atoms with E-state index in [0.29, 0.717) is 17.3 Å². The van der Waals surface area contributed by atoms with Gasteiger partial charge in [-0.2, -0.15) is 0 Å². The Balaban J connectivity index is 1.83. The third-order valence-corrected chi connectivity index (χ3v) is 3.32. The summed E-state index contributed by atoms with van der Waals surface area (Å²) in [6, 6.07) is 7.88. The van der Waals surface area contributed by atoms with Gasteiger partial charge in [0.05, 0.1) is 11.4 Å². The van der Waals surface area contributed by atoms with Gasteiger partial charge in [-0.05, 0) is 44.4 Å². The molecule has 1 aromatic carbocycles. The topological polar surface area (TPSA) is 58.0 Å². The van der Waals surface area contributed by atoms with Crippen molar-refractivity contribution in [2.24, 2.45) is 0 Å². The lowest BCUT2D eigenvalue weighted by atomic mass is 10.1. The molecule has 5 heteroatoms. The van der Waals surface area contributed by atoms with Crippen molar-refractivity contribution in [1.29, 1.82) is 0 Å². The van der Waals surface area contributed by atoms with Crippen LogP contribution in [0.1, 0.15) is 23.4 Å². The second-order valence-corrected chi connectivity index (χ2v) is 5.16. The SMILES string of the molecule is Cc1nc(NCCCc2ccc(Cl)cc2)nc(C)c1O. The molecule has 0 saturated heterocycles. The Morgan fingerprint density at radius 1 is 1.10 bits per heavy atom. The molecule has 2 N–H and O–H groups in total. The van der Waals surface area contributed by atoms with E-state index in [1.54, 1.807) is 13.8 Å². The van der Waals surface area contributed by atoms with E-state index in [-0.39, 0.29) is 5.75 Å². The van der Waals surface area contributed by atoms with Crippen LogP contribution in [0.5, 0.6) is 5.75 Å². The first-order valence-electron chi connectivity index (χ1n) is 6.59. The molecule has 0 spiro atoms. The van der Waals surface area contributed by atoms with Crippen LogP contribution in [0.15, 0.2) is 24.3 Å². The first-order valence-corrected chi connectivity index (χ1v) is 6.96. The van der Waals surface area contributed by atoms with E-state index in [9.17, 15) is 5.11 Å². The second kappa shape index (κ2) is 6.57. The summed E-state index contributed by atoms with van der Waals surface area (Å²) in [5.74, 6) is 0.727. The summed E-state index contributed by atoms with van der Waals surface area (Å²) in [5.41, 5.74) is 2.45. The largest absolute Gasteiger partial charge is 0.504 e. The number of hydrogen-bond acceptors (Lipinski definition) is 4. The summed E-state index contributed by atoms with van der Waals surface area (Å²) in [5, 5.41) is 13.5. The molecule has 0 unspecified atom stereocenters. The van der Waals surface area contributed by atoms with Crippen LogP contribution in [-0.2, 0) is 6.42 Å². The zero-order valence-corrected chi connectivity index (χ0v) is 12.4. The molecule has 0 bridgehead atoms. The molecule has 20 heavy (non-hydrogen) atoms. The third-order valence-electron chi connectivity index (χ3n) is 3.07. The highest BCUT2D eigenvalue weighted by Crippen LogP contribution is 2.18. The maximum atomic E-state index is 9.61. The number of rotatable bonds is 5. The fourth-order valence-corrected chi connectivity index (χ4v) is 2.06. The summed E-state index contributed by atoms with van der Waals surface area (Å²) < 4.78 is 0. The fourth-order valence-electron chi connectivity index (χ4n) is 1.93. The second-order valence-electron chi connectivity index (χ2n) is 4.72. The molecule has 2 rings (SSSR count). The smallest absolute Gasteiger partial charge is 0.223 e. The molecule has 106 valence electrons. The molecule has 0 saturated carbocycles. The van der Waals surface area contributed by atoms with E-state index >= 15 is 0 Å². The van der Waals surface area contributed by atoms with Crippen LogP contribution in [0.3, 0.4) is 0 Å². The van der Waals surface area contributed by atoms with E-state index in [2.05, 4.69) is 15.3 Å². The highest BCUT2D eigenvalue weighted by molar-refractivity contribution is 6.30. The minimum Gasteiger partial charge on any atom is -0.504 e. The van der Waals surface area contributed by atoms with Crippen molar-refractivity contribution < 1.29 is 5.11 Å². The van der Waals surface area contributed by atoms with Gasteiger partial charge >= 0.3 is 0 Å². The van der Waals surface area contributed by atoms with Crippen LogP contribution in [-0.4, -0.2) is 21.6 Å². The van der Waals surface area contributed by atoms with Crippen molar-refractivity contribution in [2.45, 2.75) is 26.7 Å². The predicted octanol–water partition coefficient (Wildman–Crippen LogP) is 3.50. The molecule has 0 aliphatic heterocycles. The van der Waals surface area contributed by atoms with Gasteiger partial charge in [0.2, 0.25) is 5.95 Å². The van der Waals surface area contributed by atoms with Gasteiger partial charge in [-0.1, -0.05) is 23.7 Å². The molecule has 0 amide bonds. The Bertz CT molecular complexity index is 561. The summed E-state index contributed by atoms with van der Waals surface area (Å²) >= 11 is 5.85. The Morgan fingerprint density at radius 3 is 2.30 bits per heavy atom. The number of anilines is 1. The first-order chi connectivity index (χ1) is 9.56. The van der Waals surface area contributed by atoms with Crippen LogP contribution in [0.2, 0.25) is 5.02 Å². The Kier molecular flexibility index (Phi) is 4.79. The summed E-state index contributed by atoms with van der Waals surface area (Å²) in [4.78, 5) is 8.40. The van der Waals surface area contributed by atoms with Gasteiger partial charge in [-0.15, -0.1) is 0 Å². The number of benzene rings is 1. The van der Waals surface area contributed by atoms with E-state index in [0.717, 1.165) is 24.4 Å². The minimum atomic E-state index is 0.164. The van der Waals surface area contributed by atoms with Gasteiger partial charge in [-0.3, -0.25) is 0 Å². The molecule has 0 atom stereocenters. The maximum absolute atomic E-state index is 9.61. The monoisotopic (exact) mass is 291 g/mol. The van der Waals surface area contributed by atoms with Crippen molar-refractivity contribution in [1.82, 2.24) is 9.97 Å². The number of aromatic nitrogens is 2. The zero-order valence-electron chi connectivity index (χ0n) is 11.7. The molecule has 0 fully saturated rings. The maximum Gasteiger partial charge on any atom is 0.223 e. The first kappa shape index (κ1) is 14.6. The molecule has 2 aromatic rings. The number of aryl methyl sites for hydroxylation is 3. The molecule has 0 aliphatic rings. The van der Waals surface area contributed by atoms with Crippen molar-refractivity contribution in [3.63, 3.8) is 0 Å². The minimum absolute atomic E-state index is 0.164. The van der Waals surface area contributed by atoms with E-state index in [1.807, 2.05) is 24.3 Å². The molecule has 0 aliphatic carbocycles. The number of aromatic hydroxyl groups is 1. The van der Waals surface area contributed by atoms with Gasteiger partial charge in [0, 0.05) is 11.6 Å². The number of nitrogens with one attached hydrogen (secondary N) is 1. The summed E-state index contributed by atoms with van der Waals surface area (Å²) in [7, 11) is 0. The predicted molar refractivity (Wildman–Crippen MR) is 81.4 cm³/mol. The molecule has 0 radical (unpaired) electrons. The number of halogens is 1. The standard InChI is InChI=1S/C15H18ClN3O/c1-10-14(20)11(2)19-15(18-10)17-9-3-4-12-5-7-13(16)8-6-12/h5-8,20H,3-4,9H2,1-2H3,(H,17,18,19). The number of nitrogens with zero attached hydrogens (tertiary/aromatic N) is 2. The van der Waals surface area contributed by atoms with E-state index in [4.69, 9.17) is 11.6 Å². The Morgan fingerprint density at radius 2 is 1.70 bits per heavy atom. The van der Waals surface area contributed by atoms with Crippen LogP contribution in [0.4, 0.5) is 5.95 Å². The van der Waals surface area contributed by atoms with Crippen LogP contribution in [0, 0.1) is 13.8 Å². The molecule has 4 nitrogen and oxygen atoms in total. The quantitative estimate of drug-likeness (QED) is 0.828. The molecular weight excluding hydrogens is 274 g/mol. The van der Waals surface area contributed by atoms with Crippen molar-refractivity contribution in [2.75, 3.05) is 11.9 Å². The summed E-state index contributed by atoms with van der Waals surface area (Å²) in [6.07, 6.45) is 1.95. The van der Waals surface area contributed by atoms with Crippen LogP contribution >= 0.6 is 11.6 Å². The lowest BCUT2D eigenvalue weighted by Crippen LogP contribution is -2.08. The van der Waals surface area contributed by atoms with Gasteiger partial charge < -0.3 is 10.4 Å². The lowest BCUT2D eigenvalue weighted by Gasteiger charge is -2.08. The van der Waals surface area contributed by atoms with Gasteiger partial charge in [0.1, 0.15) is 0 Å². The highest BCUT2D eigenvalue weighted by Gasteiger charge is 2.05. The third kappa shape index (κ3) is 3.84. The van der Waals surface area contributed by atoms with Gasteiger partial charge in [0.25, 0.3) is 0 Å². The van der Waals surface area contributed by atoms with E-state index in [1.165, 1.54) is 5.56 Å². The fraction of sp³-hybridized carbons (Fsp3) is 0.333. The molecule has 1 aromatic heterocycles. The zero-order chi connectivity index (χ0) is 14.5. The Hall–Kier alpha value is -1.81. The Labute approximate surface area is 123 Å². The highest BCUT2D eigenvalue weighted by atomic mass is 35.5. The lowest BCUT2D eigenvalue weighted by molar-refractivity contribution is 0.459. The van der Waals surface area contributed by atoms with Gasteiger partial charge in [0.15, 0.2) is 5.75 Å². The van der Waals surface area contributed by atoms with Crippen LogP contribution in [0.25, 0.3) is 0 Å². The van der Waals surface area contributed by atoms with E-state index < -0.39 is 0 Å².